The van der Waals surface area contributed by atoms with E-state index < -0.39 is 0 Å². The van der Waals surface area contributed by atoms with Crippen molar-refractivity contribution in [1.82, 2.24) is 10.3 Å². The standard InChI is InChI=1S/C18H23N3O2/c1-12-10-14-11-15(6-7-16(14)20-12)21-17(22)8-9-19-18(23)13-4-2-3-5-13/h6-7,10-11,13,20H,2-5,8-9H2,1H3,(H,19,23)(H,21,22). The number of nitrogens with one attached hydrogen (secondary N) is 3. The Hall–Kier alpha value is -2.30. The van der Waals surface area contributed by atoms with Gasteiger partial charge in [0.25, 0.3) is 0 Å². The maximum absolute atomic E-state index is 12.0. The second-order valence-electron chi connectivity index (χ2n) is 6.32. The summed E-state index contributed by atoms with van der Waals surface area (Å²) in [6.07, 6.45) is 4.53. The molecule has 1 aromatic heterocycles. The van der Waals surface area contributed by atoms with Crippen LogP contribution in [0.1, 0.15) is 37.8 Å². The first-order chi connectivity index (χ1) is 11.1. The molecule has 1 aromatic carbocycles. The fourth-order valence-electron chi connectivity index (χ4n) is 3.21. The van der Waals surface area contributed by atoms with Gasteiger partial charge in [0.1, 0.15) is 0 Å². The molecule has 1 aliphatic rings. The maximum Gasteiger partial charge on any atom is 0.226 e. The highest BCUT2D eigenvalue weighted by atomic mass is 16.2. The Kier molecular flexibility index (Phi) is 4.65. The number of carbonyl (C=O) groups excluding carboxylic acids is 2. The Labute approximate surface area is 135 Å². The van der Waals surface area contributed by atoms with Crippen molar-refractivity contribution in [2.24, 2.45) is 5.92 Å². The topological polar surface area (TPSA) is 74.0 Å². The molecule has 5 heteroatoms. The van der Waals surface area contributed by atoms with Gasteiger partial charge in [0.15, 0.2) is 0 Å². The highest BCUT2D eigenvalue weighted by molar-refractivity contribution is 5.94. The minimum absolute atomic E-state index is 0.0803. The Balaban J connectivity index is 1.47. The monoisotopic (exact) mass is 313 g/mol. The van der Waals surface area contributed by atoms with Gasteiger partial charge in [-0.15, -0.1) is 0 Å². The fourth-order valence-corrected chi connectivity index (χ4v) is 3.21. The minimum atomic E-state index is -0.0803. The molecular weight excluding hydrogens is 290 g/mol. The number of carbonyl (C=O) groups is 2. The molecule has 1 saturated carbocycles. The Morgan fingerprint density at radius 3 is 2.78 bits per heavy atom. The maximum atomic E-state index is 12.0. The predicted molar refractivity (Wildman–Crippen MR) is 91.3 cm³/mol. The van der Waals surface area contributed by atoms with Crippen LogP contribution in [0.15, 0.2) is 24.3 Å². The zero-order valence-corrected chi connectivity index (χ0v) is 13.4. The third kappa shape index (κ3) is 3.92. The van der Waals surface area contributed by atoms with Crippen LogP contribution in [0.2, 0.25) is 0 Å². The molecule has 0 atom stereocenters. The number of amides is 2. The van der Waals surface area contributed by atoms with Crippen molar-refractivity contribution >= 4 is 28.4 Å². The molecule has 5 nitrogen and oxygen atoms in total. The Morgan fingerprint density at radius 2 is 2.00 bits per heavy atom. The van der Waals surface area contributed by atoms with Crippen molar-refractivity contribution in [3.63, 3.8) is 0 Å². The first-order valence-corrected chi connectivity index (χ1v) is 8.29. The summed E-state index contributed by atoms with van der Waals surface area (Å²) in [7, 11) is 0. The lowest BCUT2D eigenvalue weighted by Gasteiger charge is -2.10. The quantitative estimate of drug-likeness (QED) is 0.793. The van der Waals surface area contributed by atoms with Crippen LogP contribution in [0.25, 0.3) is 10.9 Å². The van der Waals surface area contributed by atoms with E-state index in [-0.39, 0.29) is 17.7 Å². The zero-order chi connectivity index (χ0) is 16.2. The molecule has 2 aromatic rings. The number of aromatic nitrogens is 1. The zero-order valence-electron chi connectivity index (χ0n) is 13.4. The van der Waals surface area contributed by atoms with Gasteiger partial charge in [0.2, 0.25) is 11.8 Å². The van der Waals surface area contributed by atoms with Crippen molar-refractivity contribution in [2.75, 3.05) is 11.9 Å². The second kappa shape index (κ2) is 6.86. The van der Waals surface area contributed by atoms with Crippen LogP contribution >= 0.6 is 0 Å². The van der Waals surface area contributed by atoms with Crippen LogP contribution in [0.3, 0.4) is 0 Å². The van der Waals surface area contributed by atoms with E-state index in [4.69, 9.17) is 0 Å². The van der Waals surface area contributed by atoms with E-state index in [0.717, 1.165) is 48.0 Å². The van der Waals surface area contributed by atoms with Gasteiger partial charge in [-0.05, 0) is 44.0 Å². The number of fused-ring (bicyclic) bond motifs is 1. The van der Waals surface area contributed by atoms with Crippen LogP contribution in [0, 0.1) is 12.8 Å². The number of aromatic amines is 1. The van der Waals surface area contributed by atoms with Gasteiger partial charge in [-0.1, -0.05) is 12.8 Å². The molecular formula is C18H23N3O2. The summed E-state index contributed by atoms with van der Waals surface area (Å²) < 4.78 is 0. The summed E-state index contributed by atoms with van der Waals surface area (Å²) >= 11 is 0. The van der Waals surface area contributed by atoms with Crippen molar-refractivity contribution in [3.05, 3.63) is 30.0 Å². The summed E-state index contributed by atoms with van der Waals surface area (Å²) in [4.78, 5) is 27.1. The summed E-state index contributed by atoms with van der Waals surface area (Å²) in [5.74, 6) is 0.167. The molecule has 0 unspecified atom stereocenters. The van der Waals surface area contributed by atoms with E-state index in [1.807, 2.05) is 31.2 Å². The average Bonchev–Trinajstić information content (AvgIpc) is 3.15. The van der Waals surface area contributed by atoms with E-state index in [0.29, 0.717) is 13.0 Å². The molecule has 3 N–H and O–H groups in total. The number of benzene rings is 1. The molecule has 1 aliphatic carbocycles. The van der Waals surface area contributed by atoms with Gasteiger partial charge in [0, 0.05) is 41.2 Å². The molecule has 0 spiro atoms. The van der Waals surface area contributed by atoms with Gasteiger partial charge in [0.05, 0.1) is 0 Å². The Bertz CT molecular complexity index is 714. The van der Waals surface area contributed by atoms with Crippen molar-refractivity contribution in [2.45, 2.75) is 39.0 Å². The van der Waals surface area contributed by atoms with E-state index >= 15 is 0 Å². The van der Waals surface area contributed by atoms with Gasteiger partial charge < -0.3 is 15.6 Å². The third-order valence-corrected chi connectivity index (χ3v) is 4.42. The predicted octanol–water partition coefficient (Wildman–Crippen LogP) is 3.11. The number of anilines is 1. The van der Waals surface area contributed by atoms with E-state index in [1.54, 1.807) is 0 Å². The number of aryl methyl sites for hydroxylation is 1. The summed E-state index contributed by atoms with van der Waals surface area (Å²) in [5.41, 5.74) is 2.94. The fraction of sp³-hybridized carbons (Fsp3) is 0.444. The third-order valence-electron chi connectivity index (χ3n) is 4.42. The molecule has 1 heterocycles. The van der Waals surface area contributed by atoms with Gasteiger partial charge in [-0.2, -0.15) is 0 Å². The van der Waals surface area contributed by atoms with Gasteiger partial charge in [-0.3, -0.25) is 9.59 Å². The summed E-state index contributed by atoms with van der Waals surface area (Å²) in [6, 6.07) is 7.84. The molecule has 0 saturated heterocycles. The largest absolute Gasteiger partial charge is 0.359 e. The van der Waals surface area contributed by atoms with Crippen LogP contribution in [0.5, 0.6) is 0 Å². The normalized spacial score (nSPS) is 15.0. The van der Waals surface area contributed by atoms with E-state index in [1.165, 1.54) is 0 Å². The Morgan fingerprint density at radius 1 is 1.22 bits per heavy atom. The van der Waals surface area contributed by atoms with Crippen molar-refractivity contribution < 1.29 is 9.59 Å². The number of hydrogen-bond donors (Lipinski definition) is 3. The molecule has 0 bridgehead atoms. The van der Waals surface area contributed by atoms with Gasteiger partial charge >= 0.3 is 0 Å². The van der Waals surface area contributed by atoms with Gasteiger partial charge in [-0.25, -0.2) is 0 Å². The first-order valence-electron chi connectivity index (χ1n) is 8.29. The smallest absolute Gasteiger partial charge is 0.226 e. The number of H-pyrrole nitrogens is 1. The highest BCUT2D eigenvalue weighted by Gasteiger charge is 2.22. The molecule has 3 rings (SSSR count). The lowest BCUT2D eigenvalue weighted by molar-refractivity contribution is -0.124. The van der Waals surface area contributed by atoms with Crippen LogP contribution in [0.4, 0.5) is 5.69 Å². The molecule has 1 fully saturated rings. The molecule has 0 radical (unpaired) electrons. The van der Waals surface area contributed by atoms with Crippen molar-refractivity contribution in [3.8, 4) is 0 Å². The lowest BCUT2D eigenvalue weighted by atomic mass is 10.1. The van der Waals surface area contributed by atoms with Crippen molar-refractivity contribution in [1.29, 1.82) is 0 Å². The minimum Gasteiger partial charge on any atom is -0.359 e. The summed E-state index contributed by atoms with van der Waals surface area (Å²) in [6.45, 7) is 2.40. The average molecular weight is 313 g/mol. The van der Waals surface area contributed by atoms with E-state index in [2.05, 4.69) is 15.6 Å². The second-order valence-corrected chi connectivity index (χ2v) is 6.32. The molecule has 2 amide bonds. The SMILES string of the molecule is Cc1cc2cc(NC(=O)CCNC(=O)C3CCCC3)ccc2[nH]1. The van der Waals surface area contributed by atoms with Crippen LogP contribution < -0.4 is 10.6 Å². The highest BCUT2D eigenvalue weighted by Crippen LogP contribution is 2.24. The summed E-state index contributed by atoms with van der Waals surface area (Å²) in [5, 5.41) is 6.83. The van der Waals surface area contributed by atoms with Crippen LogP contribution in [-0.4, -0.2) is 23.3 Å². The van der Waals surface area contributed by atoms with E-state index in [9.17, 15) is 9.59 Å². The molecule has 0 aliphatic heterocycles. The number of hydrogen-bond acceptors (Lipinski definition) is 2. The molecule has 122 valence electrons. The first kappa shape index (κ1) is 15.6. The van der Waals surface area contributed by atoms with Crippen LogP contribution in [-0.2, 0) is 9.59 Å². The molecule has 23 heavy (non-hydrogen) atoms. The number of rotatable bonds is 5. The lowest BCUT2D eigenvalue weighted by Crippen LogP contribution is -2.31.